The Kier molecular flexibility index (Phi) is 7.48. The van der Waals surface area contributed by atoms with Crippen molar-refractivity contribution in [3.8, 4) is 5.75 Å². The molecule has 1 saturated heterocycles. The Labute approximate surface area is 179 Å². The zero-order valence-corrected chi connectivity index (χ0v) is 17.1. The van der Waals surface area contributed by atoms with Gasteiger partial charge in [0.25, 0.3) is 5.91 Å². The zero-order valence-electron chi connectivity index (χ0n) is 16.4. The third-order valence-electron chi connectivity index (χ3n) is 4.83. The van der Waals surface area contributed by atoms with Crippen LogP contribution in [0.1, 0.15) is 18.4 Å². The number of primary amides is 1. The fraction of sp³-hybridized carbons (Fsp3) is 0.333. The number of nitrogens with zero attached hydrogens (tertiary/aromatic N) is 1. The van der Waals surface area contributed by atoms with Crippen molar-refractivity contribution in [1.29, 1.82) is 0 Å². The quantitative estimate of drug-likeness (QED) is 0.623. The molecule has 0 aromatic heterocycles. The topological polar surface area (TPSA) is 96.7 Å². The van der Waals surface area contributed by atoms with Crippen molar-refractivity contribution in [3.63, 3.8) is 0 Å². The highest BCUT2D eigenvalue weighted by Gasteiger charge is 2.21. The molecule has 0 aliphatic carbocycles. The van der Waals surface area contributed by atoms with E-state index in [1.165, 1.54) is 18.2 Å². The van der Waals surface area contributed by atoms with E-state index in [9.17, 15) is 14.0 Å². The molecule has 1 fully saturated rings. The Morgan fingerprint density at radius 3 is 2.53 bits per heavy atom. The zero-order chi connectivity index (χ0) is 21.5. The number of rotatable bonds is 7. The summed E-state index contributed by atoms with van der Waals surface area (Å²) in [6.45, 7) is 2.25. The van der Waals surface area contributed by atoms with E-state index in [0.717, 1.165) is 38.0 Å². The summed E-state index contributed by atoms with van der Waals surface area (Å²) in [6, 6.07) is 10.5. The number of piperidine rings is 1. The van der Waals surface area contributed by atoms with Gasteiger partial charge in [-0.2, -0.15) is 0 Å². The summed E-state index contributed by atoms with van der Waals surface area (Å²) in [5.41, 5.74) is 6.51. The van der Waals surface area contributed by atoms with Crippen LogP contribution >= 0.6 is 11.6 Å². The van der Waals surface area contributed by atoms with Crippen LogP contribution in [0.15, 0.2) is 42.5 Å². The third-order valence-corrected chi connectivity index (χ3v) is 5.07. The highest BCUT2D eigenvalue weighted by Crippen LogP contribution is 2.28. The van der Waals surface area contributed by atoms with Crippen molar-refractivity contribution in [2.45, 2.75) is 25.4 Å². The summed E-state index contributed by atoms with van der Waals surface area (Å²) in [7, 11) is 0. The van der Waals surface area contributed by atoms with E-state index in [-0.39, 0.29) is 24.4 Å². The summed E-state index contributed by atoms with van der Waals surface area (Å²) < 4.78 is 18.5. The minimum absolute atomic E-state index is 0.0685. The number of amides is 3. The SMILES string of the molecule is NC(=O)Nc1cc(Cl)ccc1OCC(=O)NC1CCN(Cc2ccc(F)cc2)CC1. The molecule has 3 rings (SSSR count). The molecule has 0 unspecified atom stereocenters. The number of carbonyl (C=O) groups excluding carboxylic acids is 2. The highest BCUT2D eigenvalue weighted by molar-refractivity contribution is 6.31. The van der Waals surface area contributed by atoms with Gasteiger partial charge in [0.2, 0.25) is 0 Å². The third kappa shape index (κ3) is 6.60. The molecule has 160 valence electrons. The van der Waals surface area contributed by atoms with Crippen LogP contribution in [0.3, 0.4) is 0 Å². The Morgan fingerprint density at radius 2 is 1.87 bits per heavy atom. The summed E-state index contributed by atoms with van der Waals surface area (Å²) in [4.78, 5) is 25.6. The van der Waals surface area contributed by atoms with Crippen LogP contribution in [0.5, 0.6) is 5.75 Å². The lowest BCUT2D eigenvalue weighted by Gasteiger charge is -2.32. The molecule has 4 N–H and O–H groups in total. The lowest BCUT2D eigenvalue weighted by atomic mass is 10.0. The van der Waals surface area contributed by atoms with Gasteiger partial charge in [-0.1, -0.05) is 23.7 Å². The lowest BCUT2D eigenvalue weighted by molar-refractivity contribution is -0.124. The van der Waals surface area contributed by atoms with Gasteiger partial charge >= 0.3 is 6.03 Å². The summed E-state index contributed by atoms with van der Waals surface area (Å²) in [6.07, 6.45) is 1.64. The van der Waals surface area contributed by atoms with Crippen molar-refractivity contribution >= 4 is 29.2 Å². The molecule has 2 aromatic carbocycles. The smallest absolute Gasteiger partial charge is 0.316 e. The fourth-order valence-corrected chi connectivity index (χ4v) is 3.53. The molecule has 30 heavy (non-hydrogen) atoms. The molecular weight excluding hydrogens is 411 g/mol. The molecule has 0 saturated carbocycles. The van der Waals surface area contributed by atoms with E-state index in [0.29, 0.717) is 16.5 Å². The van der Waals surface area contributed by atoms with Crippen LogP contribution in [-0.4, -0.2) is 42.6 Å². The van der Waals surface area contributed by atoms with E-state index in [2.05, 4.69) is 15.5 Å². The minimum Gasteiger partial charge on any atom is -0.482 e. The first-order valence-corrected chi connectivity index (χ1v) is 10.0. The first kappa shape index (κ1) is 21.9. The number of halogens is 2. The molecule has 1 heterocycles. The molecule has 2 aromatic rings. The Bertz CT molecular complexity index is 886. The molecule has 7 nitrogen and oxygen atoms in total. The molecular formula is C21H24ClFN4O3. The van der Waals surface area contributed by atoms with E-state index >= 15 is 0 Å². The van der Waals surface area contributed by atoms with Gasteiger partial charge in [0.15, 0.2) is 6.61 Å². The predicted octanol–water partition coefficient (Wildman–Crippen LogP) is 3.13. The number of urea groups is 1. The van der Waals surface area contributed by atoms with Gasteiger partial charge in [0, 0.05) is 30.7 Å². The highest BCUT2D eigenvalue weighted by atomic mass is 35.5. The van der Waals surface area contributed by atoms with Gasteiger partial charge in [-0.25, -0.2) is 9.18 Å². The number of carbonyl (C=O) groups is 2. The standard InChI is InChI=1S/C21H24ClFN4O3/c22-15-3-6-19(18(11-15)26-21(24)29)30-13-20(28)25-17-7-9-27(10-8-17)12-14-1-4-16(23)5-2-14/h1-6,11,17H,7-10,12-13H2,(H,25,28)(H3,24,26,29). The summed E-state index contributed by atoms with van der Waals surface area (Å²) in [5, 5.41) is 5.80. The lowest BCUT2D eigenvalue weighted by Crippen LogP contribution is -2.45. The number of likely N-dealkylation sites (tertiary alicyclic amines) is 1. The normalized spacial score (nSPS) is 14.9. The summed E-state index contributed by atoms with van der Waals surface area (Å²) in [5.74, 6) is -0.173. The van der Waals surface area contributed by atoms with Crippen LogP contribution < -0.4 is 21.1 Å². The second kappa shape index (κ2) is 10.3. The monoisotopic (exact) mass is 434 g/mol. The van der Waals surface area contributed by atoms with Crippen molar-refractivity contribution in [2.24, 2.45) is 5.73 Å². The van der Waals surface area contributed by atoms with Gasteiger partial charge in [0.05, 0.1) is 5.69 Å². The molecule has 0 spiro atoms. The van der Waals surface area contributed by atoms with Gasteiger partial charge in [-0.15, -0.1) is 0 Å². The molecule has 1 aliphatic rings. The summed E-state index contributed by atoms with van der Waals surface area (Å²) >= 11 is 5.91. The first-order chi connectivity index (χ1) is 14.4. The number of hydrogen-bond acceptors (Lipinski definition) is 4. The van der Waals surface area contributed by atoms with Crippen molar-refractivity contribution in [1.82, 2.24) is 10.2 Å². The van der Waals surface area contributed by atoms with Crippen molar-refractivity contribution in [2.75, 3.05) is 25.0 Å². The van der Waals surface area contributed by atoms with Gasteiger partial charge in [-0.05, 0) is 48.7 Å². The van der Waals surface area contributed by atoms with Crippen molar-refractivity contribution < 1.29 is 18.7 Å². The molecule has 0 bridgehead atoms. The van der Waals surface area contributed by atoms with E-state index in [1.807, 2.05) is 0 Å². The maximum absolute atomic E-state index is 13.0. The van der Waals surface area contributed by atoms with Crippen LogP contribution in [0.4, 0.5) is 14.9 Å². The average molecular weight is 435 g/mol. The van der Waals surface area contributed by atoms with E-state index in [4.69, 9.17) is 22.1 Å². The fourth-order valence-electron chi connectivity index (χ4n) is 3.35. The number of hydrogen-bond donors (Lipinski definition) is 3. The van der Waals surface area contributed by atoms with Crippen LogP contribution in [0.2, 0.25) is 5.02 Å². The van der Waals surface area contributed by atoms with E-state index < -0.39 is 6.03 Å². The molecule has 3 amide bonds. The number of ether oxygens (including phenoxy) is 1. The van der Waals surface area contributed by atoms with Gasteiger partial charge < -0.3 is 21.1 Å². The van der Waals surface area contributed by atoms with Gasteiger partial charge in [0.1, 0.15) is 11.6 Å². The number of benzene rings is 2. The maximum atomic E-state index is 13.0. The first-order valence-electron chi connectivity index (χ1n) is 9.64. The van der Waals surface area contributed by atoms with Crippen molar-refractivity contribution in [3.05, 3.63) is 58.9 Å². The largest absolute Gasteiger partial charge is 0.482 e. The molecule has 1 aliphatic heterocycles. The van der Waals surface area contributed by atoms with E-state index in [1.54, 1.807) is 24.3 Å². The predicted molar refractivity (Wildman–Crippen MR) is 113 cm³/mol. The van der Waals surface area contributed by atoms with Crippen LogP contribution in [0.25, 0.3) is 0 Å². The number of nitrogens with one attached hydrogen (secondary N) is 2. The van der Waals surface area contributed by atoms with Crippen LogP contribution in [0, 0.1) is 5.82 Å². The number of nitrogens with two attached hydrogens (primary N) is 1. The molecule has 0 atom stereocenters. The molecule has 9 heteroatoms. The Morgan fingerprint density at radius 1 is 1.17 bits per heavy atom. The minimum atomic E-state index is -0.751. The second-order valence-electron chi connectivity index (χ2n) is 7.16. The van der Waals surface area contributed by atoms with Gasteiger partial charge in [-0.3, -0.25) is 9.69 Å². The number of anilines is 1. The average Bonchev–Trinajstić information content (AvgIpc) is 2.70. The second-order valence-corrected chi connectivity index (χ2v) is 7.60. The van der Waals surface area contributed by atoms with Crippen LogP contribution in [-0.2, 0) is 11.3 Å². The maximum Gasteiger partial charge on any atom is 0.316 e. The molecule has 0 radical (unpaired) electrons. The Balaban J connectivity index is 1.43. The Hall–Kier alpha value is -2.84.